The van der Waals surface area contributed by atoms with Gasteiger partial charge in [-0.3, -0.25) is 10.3 Å². The molecule has 0 aromatic heterocycles. The molecule has 6 heteroatoms. The molecule has 0 atom stereocenters. The molecular weight excluding hydrogens is 314 g/mol. The van der Waals surface area contributed by atoms with Crippen LogP contribution in [0.2, 0.25) is 0 Å². The Morgan fingerprint density at radius 2 is 1.76 bits per heavy atom. The minimum atomic E-state index is 0.0604. The van der Waals surface area contributed by atoms with E-state index in [0.717, 1.165) is 38.2 Å². The first-order valence-corrected chi connectivity index (χ1v) is 10.2. The quantitative estimate of drug-likeness (QED) is 0.183. The number of hydrogen-bond donors (Lipinski definition) is 4. The molecule has 1 aliphatic rings. The van der Waals surface area contributed by atoms with E-state index in [9.17, 15) is 0 Å². The summed E-state index contributed by atoms with van der Waals surface area (Å²) in [5, 5.41) is 18.0. The summed E-state index contributed by atoms with van der Waals surface area (Å²) in [6, 6.07) is 0. The first kappa shape index (κ1) is 21.9. The number of aliphatic hydroxyl groups excluding tert-OH is 1. The Hall–Kier alpha value is -1.11. The minimum absolute atomic E-state index is 0.0604. The fourth-order valence-corrected chi connectivity index (χ4v) is 2.90. The fraction of sp³-hybridized carbons (Fsp3) is 0.842. The Morgan fingerprint density at radius 3 is 2.52 bits per heavy atom. The van der Waals surface area contributed by atoms with Crippen molar-refractivity contribution in [3.63, 3.8) is 0 Å². The van der Waals surface area contributed by atoms with Crippen molar-refractivity contribution in [1.29, 1.82) is 0 Å². The molecule has 0 spiro atoms. The van der Waals surface area contributed by atoms with E-state index >= 15 is 0 Å². The average Bonchev–Trinajstić information content (AvgIpc) is 3.07. The number of allylic oxidation sites excluding steroid dienone is 2. The normalized spacial score (nSPS) is 14.3. The molecule has 25 heavy (non-hydrogen) atoms. The third-order valence-electron chi connectivity index (χ3n) is 4.44. The molecule has 0 radical (unpaired) electrons. The standard InChI is InChI=1S/C19H39N5O/c1-2-3-4-5-6-7-8-9-10-11-12-15-19-21-22-23-24(19)17-14-13-16-20-18-25/h6-7,20,22-23,25H,2-5,8-18H2,1H3/b7-6-. The van der Waals surface area contributed by atoms with E-state index in [0.29, 0.717) is 0 Å². The van der Waals surface area contributed by atoms with Crippen LogP contribution in [0.5, 0.6) is 0 Å². The van der Waals surface area contributed by atoms with Crippen LogP contribution in [0.3, 0.4) is 0 Å². The van der Waals surface area contributed by atoms with Gasteiger partial charge in [0.2, 0.25) is 0 Å². The van der Waals surface area contributed by atoms with Crippen LogP contribution in [-0.4, -0.2) is 35.8 Å². The second-order valence-electron chi connectivity index (χ2n) is 6.69. The lowest BCUT2D eigenvalue weighted by atomic mass is 10.1. The van der Waals surface area contributed by atoms with Gasteiger partial charge in [-0.05, 0) is 51.5 Å². The molecule has 1 heterocycles. The van der Waals surface area contributed by atoms with Crippen molar-refractivity contribution in [2.24, 2.45) is 5.10 Å². The molecule has 0 amide bonds. The lowest BCUT2D eigenvalue weighted by Crippen LogP contribution is -2.41. The molecule has 4 N–H and O–H groups in total. The zero-order valence-corrected chi connectivity index (χ0v) is 16.1. The van der Waals surface area contributed by atoms with Gasteiger partial charge < -0.3 is 5.11 Å². The van der Waals surface area contributed by atoms with Crippen LogP contribution in [0.4, 0.5) is 0 Å². The third kappa shape index (κ3) is 12.0. The number of hydrogen-bond acceptors (Lipinski definition) is 6. The highest BCUT2D eigenvalue weighted by atomic mass is 16.3. The maximum Gasteiger partial charge on any atom is 0.142 e. The summed E-state index contributed by atoms with van der Waals surface area (Å²) >= 11 is 0. The molecular formula is C19H39N5O. The Bertz CT molecular complexity index is 360. The van der Waals surface area contributed by atoms with Crippen LogP contribution in [0.1, 0.15) is 84.0 Å². The molecule has 6 nitrogen and oxygen atoms in total. The third-order valence-corrected chi connectivity index (χ3v) is 4.44. The molecule has 0 fully saturated rings. The molecule has 0 saturated carbocycles. The second-order valence-corrected chi connectivity index (χ2v) is 6.69. The van der Waals surface area contributed by atoms with Crippen molar-refractivity contribution < 1.29 is 5.11 Å². The largest absolute Gasteiger partial charge is 0.381 e. The second kappa shape index (κ2) is 16.4. The van der Waals surface area contributed by atoms with Gasteiger partial charge in [0.15, 0.2) is 0 Å². The van der Waals surface area contributed by atoms with Gasteiger partial charge >= 0.3 is 0 Å². The van der Waals surface area contributed by atoms with E-state index in [1.807, 2.05) is 0 Å². The van der Waals surface area contributed by atoms with Crippen LogP contribution in [0.25, 0.3) is 0 Å². The number of aliphatic hydroxyl groups is 1. The average molecular weight is 354 g/mol. The molecule has 0 unspecified atom stereocenters. The maximum atomic E-state index is 8.68. The van der Waals surface area contributed by atoms with Gasteiger partial charge in [0.25, 0.3) is 0 Å². The monoisotopic (exact) mass is 353 g/mol. The summed E-state index contributed by atoms with van der Waals surface area (Å²) in [6.45, 7) is 4.12. The predicted molar refractivity (Wildman–Crippen MR) is 106 cm³/mol. The minimum Gasteiger partial charge on any atom is -0.381 e. The van der Waals surface area contributed by atoms with Crippen LogP contribution in [0.15, 0.2) is 17.3 Å². The molecule has 0 bridgehead atoms. The van der Waals surface area contributed by atoms with E-state index in [1.165, 1.54) is 57.8 Å². The lowest BCUT2D eigenvalue weighted by molar-refractivity contribution is 0.254. The summed E-state index contributed by atoms with van der Waals surface area (Å²) < 4.78 is 0. The molecule has 0 aromatic carbocycles. The van der Waals surface area contributed by atoms with Gasteiger partial charge in [-0.2, -0.15) is 0 Å². The van der Waals surface area contributed by atoms with Crippen molar-refractivity contribution in [2.45, 2.75) is 84.0 Å². The number of rotatable bonds is 17. The first-order valence-electron chi connectivity index (χ1n) is 10.2. The van der Waals surface area contributed by atoms with E-state index in [-0.39, 0.29) is 6.73 Å². The number of nitrogens with one attached hydrogen (secondary N) is 3. The highest BCUT2D eigenvalue weighted by molar-refractivity contribution is 5.82. The number of hydrazine groups is 2. The predicted octanol–water partition coefficient (Wildman–Crippen LogP) is 3.42. The van der Waals surface area contributed by atoms with Crippen molar-refractivity contribution in [3.05, 3.63) is 12.2 Å². The van der Waals surface area contributed by atoms with Gasteiger partial charge in [-0.15, -0.1) is 10.6 Å². The van der Waals surface area contributed by atoms with E-state index in [1.54, 1.807) is 0 Å². The Kier molecular flexibility index (Phi) is 14.4. The van der Waals surface area contributed by atoms with Gasteiger partial charge in [-0.25, -0.2) is 5.53 Å². The molecule has 0 aliphatic carbocycles. The summed E-state index contributed by atoms with van der Waals surface area (Å²) in [4.78, 5) is 0. The van der Waals surface area contributed by atoms with Crippen molar-refractivity contribution >= 4 is 5.84 Å². The Balaban J connectivity index is 1.94. The van der Waals surface area contributed by atoms with E-state index in [2.05, 4.69) is 45.6 Å². The van der Waals surface area contributed by atoms with E-state index < -0.39 is 0 Å². The highest BCUT2D eigenvalue weighted by Crippen LogP contribution is 2.10. The van der Waals surface area contributed by atoms with Crippen LogP contribution < -0.4 is 16.4 Å². The molecule has 0 saturated heterocycles. The van der Waals surface area contributed by atoms with Gasteiger partial charge in [0.1, 0.15) is 5.84 Å². The summed E-state index contributed by atoms with van der Waals surface area (Å²) in [5.74, 6) is 1.12. The smallest absolute Gasteiger partial charge is 0.142 e. The van der Waals surface area contributed by atoms with Gasteiger partial charge in [-0.1, -0.05) is 44.8 Å². The van der Waals surface area contributed by atoms with Crippen LogP contribution in [-0.2, 0) is 0 Å². The SMILES string of the molecule is CCCCC/C=C\CCCCCCC1=NNNN1CCCCNCO. The van der Waals surface area contributed by atoms with Gasteiger partial charge in [0, 0.05) is 13.0 Å². The van der Waals surface area contributed by atoms with Crippen LogP contribution >= 0.6 is 0 Å². The zero-order valence-electron chi connectivity index (χ0n) is 16.1. The molecule has 0 aromatic rings. The number of hydrazone groups is 1. The maximum absolute atomic E-state index is 8.68. The first-order chi connectivity index (χ1) is 12.4. The van der Waals surface area contributed by atoms with Crippen molar-refractivity contribution in [3.8, 4) is 0 Å². The topological polar surface area (TPSA) is 71.9 Å². The highest BCUT2D eigenvalue weighted by Gasteiger charge is 2.15. The number of unbranched alkanes of at least 4 members (excludes halogenated alkanes) is 8. The summed E-state index contributed by atoms with van der Waals surface area (Å²) in [6.07, 6.45) is 19.4. The van der Waals surface area contributed by atoms with Crippen molar-refractivity contribution in [2.75, 3.05) is 19.8 Å². The number of nitrogens with zero attached hydrogens (tertiary/aromatic N) is 2. The van der Waals surface area contributed by atoms with Gasteiger partial charge in [0.05, 0.1) is 6.73 Å². The van der Waals surface area contributed by atoms with Crippen LogP contribution in [0, 0.1) is 0 Å². The summed E-state index contributed by atoms with van der Waals surface area (Å²) in [7, 11) is 0. The Labute approximate surface area is 154 Å². The zero-order chi connectivity index (χ0) is 18.0. The van der Waals surface area contributed by atoms with Crippen molar-refractivity contribution in [1.82, 2.24) is 21.4 Å². The van der Waals surface area contributed by atoms with E-state index in [4.69, 9.17) is 5.11 Å². The molecule has 1 rings (SSSR count). The Morgan fingerprint density at radius 1 is 1.00 bits per heavy atom. The number of amidine groups is 1. The fourth-order valence-electron chi connectivity index (χ4n) is 2.90. The lowest BCUT2D eigenvalue weighted by Gasteiger charge is -2.18. The summed E-state index contributed by atoms with van der Waals surface area (Å²) in [5.41, 5.74) is 5.95. The molecule has 146 valence electrons. The molecule has 1 aliphatic heterocycles.